The molecule has 1 heterocycles. The van der Waals surface area contributed by atoms with Crippen molar-refractivity contribution in [1.82, 2.24) is 5.32 Å². The predicted molar refractivity (Wildman–Crippen MR) is 84.8 cm³/mol. The van der Waals surface area contributed by atoms with Gasteiger partial charge in [-0.15, -0.1) is 11.3 Å². The molecule has 102 valence electrons. The number of thiophene rings is 1. The number of fused-ring (bicyclic) bond motifs is 1. The van der Waals surface area contributed by atoms with Crippen LogP contribution in [0.25, 0.3) is 10.1 Å². The minimum atomic E-state index is 0.479. The van der Waals surface area contributed by atoms with Gasteiger partial charge in [-0.05, 0) is 43.2 Å². The van der Waals surface area contributed by atoms with E-state index in [1.54, 1.807) is 0 Å². The molecule has 0 saturated heterocycles. The second kappa shape index (κ2) is 5.64. The molecular formula is C17H23NS. The lowest BCUT2D eigenvalue weighted by atomic mass is 9.87. The second-order valence-electron chi connectivity index (χ2n) is 6.04. The van der Waals surface area contributed by atoms with Gasteiger partial charge in [0, 0.05) is 21.7 Å². The highest BCUT2D eigenvalue weighted by Crippen LogP contribution is 2.31. The van der Waals surface area contributed by atoms with Crippen molar-refractivity contribution in [2.75, 3.05) is 0 Å². The van der Waals surface area contributed by atoms with E-state index in [4.69, 9.17) is 0 Å². The van der Waals surface area contributed by atoms with Crippen LogP contribution in [0, 0.1) is 5.92 Å². The van der Waals surface area contributed by atoms with Gasteiger partial charge in [0.15, 0.2) is 0 Å². The Morgan fingerprint density at radius 3 is 2.89 bits per heavy atom. The molecule has 0 aliphatic heterocycles. The highest BCUT2D eigenvalue weighted by Gasteiger charge is 2.21. The van der Waals surface area contributed by atoms with Crippen molar-refractivity contribution in [3.63, 3.8) is 0 Å². The quantitative estimate of drug-likeness (QED) is 0.817. The summed E-state index contributed by atoms with van der Waals surface area (Å²) in [7, 11) is 0. The Balaban J connectivity index is 1.70. The minimum absolute atomic E-state index is 0.479. The summed E-state index contributed by atoms with van der Waals surface area (Å²) in [6, 6.07) is 12.2. The summed E-state index contributed by atoms with van der Waals surface area (Å²) < 4.78 is 1.41. The van der Waals surface area contributed by atoms with E-state index in [1.165, 1.54) is 40.6 Å². The molecule has 1 saturated carbocycles. The molecule has 1 aliphatic rings. The topological polar surface area (TPSA) is 12.0 Å². The Morgan fingerprint density at radius 1 is 1.26 bits per heavy atom. The van der Waals surface area contributed by atoms with Crippen LogP contribution in [0.3, 0.4) is 0 Å². The molecule has 1 fully saturated rings. The average Bonchev–Trinajstić information content (AvgIpc) is 2.82. The predicted octanol–water partition coefficient (Wildman–Crippen LogP) is 5.13. The van der Waals surface area contributed by atoms with Crippen molar-refractivity contribution in [3.05, 3.63) is 35.2 Å². The van der Waals surface area contributed by atoms with Crippen LogP contribution in [0.4, 0.5) is 0 Å². The molecule has 1 aromatic heterocycles. The van der Waals surface area contributed by atoms with Gasteiger partial charge in [0.05, 0.1) is 0 Å². The molecule has 0 radical (unpaired) electrons. The molecule has 2 aromatic rings. The van der Waals surface area contributed by atoms with Crippen molar-refractivity contribution < 1.29 is 0 Å². The minimum Gasteiger partial charge on any atom is -0.307 e. The van der Waals surface area contributed by atoms with Gasteiger partial charge in [0.1, 0.15) is 0 Å². The maximum absolute atomic E-state index is 3.84. The van der Waals surface area contributed by atoms with Crippen molar-refractivity contribution >= 4 is 21.4 Å². The molecule has 19 heavy (non-hydrogen) atoms. The SMILES string of the molecule is CC1CCCC(NC(C)c2cc3ccccc3s2)C1. The van der Waals surface area contributed by atoms with Crippen molar-refractivity contribution in [3.8, 4) is 0 Å². The number of benzene rings is 1. The summed E-state index contributed by atoms with van der Waals surface area (Å²) >= 11 is 1.93. The van der Waals surface area contributed by atoms with Crippen LogP contribution >= 0.6 is 11.3 Å². The zero-order valence-electron chi connectivity index (χ0n) is 11.9. The molecular weight excluding hydrogens is 250 g/mol. The molecule has 1 nitrogen and oxygen atoms in total. The molecule has 2 heteroatoms. The van der Waals surface area contributed by atoms with Crippen LogP contribution < -0.4 is 5.32 Å². The van der Waals surface area contributed by atoms with E-state index >= 15 is 0 Å². The fourth-order valence-corrected chi connectivity index (χ4v) is 4.31. The van der Waals surface area contributed by atoms with Crippen LogP contribution in [0.5, 0.6) is 0 Å². The zero-order chi connectivity index (χ0) is 13.2. The van der Waals surface area contributed by atoms with Gasteiger partial charge in [-0.25, -0.2) is 0 Å². The van der Waals surface area contributed by atoms with Gasteiger partial charge >= 0.3 is 0 Å². The van der Waals surface area contributed by atoms with Gasteiger partial charge in [-0.3, -0.25) is 0 Å². The van der Waals surface area contributed by atoms with E-state index < -0.39 is 0 Å². The first-order valence-corrected chi connectivity index (χ1v) is 8.28. The lowest BCUT2D eigenvalue weighted by molar-refractivity contribution is 0.286. The Bertz CT molecular complexity index is 512. The smallest absolute Gasteiger partial charge is 0.0388 e. The Labute approximate surface area is 120 Å². The van der Waals surface area contributed by atoms with Gasteiger partial charge in [0.25, 0.3) is 0 Å². The summed E-state index contributed by atoms with van der Waals surface area (Å²) in [6.45, 7) is 4.70. The van der Waals surface area contributed by atoms with E-state index in [2.05, 4.69) is 49.5 Å². The standard InChI is InChI=1S/C17H23NS/c1-12-6-5-8-15(10-12)18-13(2)17-11-14-7-3-4-9-16(14)19-17/h3-4,7,9,11-13,15,18H,5-6,8,10H2,1-2H3. The van der Waals surface area contributed by atoms with Gasteiger partial charge < -0.3 is 5.32 Å². The van der Waals surface area contributed by atoms with Gasteiger partial charge in [0.2, 0.25) is 0 Å². The molecule has 0 spiro atoms. The fourth-order valence-electron chi connectivity index (χ4n) is 3.24. The maximum atomic E-state index is 3.84. The first-order valence-electron chi connectivity index (χ1n) is 7.47. The third-order valence-corrected chi connectivity index (χ3v) is 5.59. The maximum Gasteiger partial charge on any atom is 0.0388 e. The van der Waals surface area contributed by atoms with Gasteiger partial charge in [-0.2, -0.15) is 0 Å². The molecule has 0 bridgehead atoms. The molecule has 3 rings (SSSR count). The zero-order valence-corrected chi connectivity index (χ0v) is 12.7. The van der Waals surface area contributed by atoms with Crippen LogP contribution in [0.1, 0.15) is 50.4 Å². The molecule has 1 N–H and O–H groups in total. The van der Waals surface area contributed by atoms with Gasteiger partial charge in [-0.1, -0.05) is 38.0 Å². The van der Waals surface area contributed by atoms with E-state index in [1.807, 2.05) is 11.3 Å². The molecule has 1 aliphatic carbocycles. The molecule has 1 aromatic carbocycles. The largest absolute Gasteiger partial charge is 0.307 e. The third kappa shape index (κ3) is 3.01. The number of hydrogen-bond acceptors (Lipinski definition) is 2. The summed E-state index contributed by atoms with van der Waals surface area (Å²) in [4.78, 5) is 1.47. The van der Waals surface area contributed by atoms with E-state index in [0.29, 0.717) is 12.1 Å². The van der Waals surface area contributed by atoms with Crippen molar-refractivity contribution in [1.29, 1.82) is 0 Å². The lowest BCUT2D eigenvalue weighted by Crippen LogP contribution is -2.35. The van der Waals surface area contributed by atoms with Crippen molar-refractivity contribution in [2.24, 2.45) is 5.92 Å². The Hall–Kier alpha value is -0.860. The lowest BCUT2D eigenvalue weighted by Gasteiger charge is -2.29. The van der Waals surface area contributed by atoms with E-state index in [0.717, 1.165) is 5.92 Å². The second-order valence-corrected chi connectivity index (χ2v) is 7.16. The number of hydrogen-bond donors (Lipinski definition) is 1. The van der Waals surface area contributed by atoms with Crippen LogP contribution in [0.15, 0.2) is 30.3 Å². The van der Waals surface area contributed by atoms with Crippen LogP contribution in [-0.4, -0.2) is 6.04 Å². The first-order chi connectivity index (χ1) is 9.22. The third-order valence-electron chi connectivity index (χ3n) is 4.29. The summed E-state index contributed by atoms with van der Waals surface area (Å²) in [6.07, 6.45) is 5.49. The molecule has 3 atom stereocenters. The molecule has 0 amide bonds. The summed E-state index contributed by atoms with van der Waals surface area (Å²) in [5.74, 6) is 0.890. The highest BCUT2D eigenvalue weighted by atomic mass is 32.1. The first kappa shape index (κ1) is 13.1. The van der Waals surface area contributed by atoms with E-state index in [-0.39, 0.29) is 0 Å². The number of rotatable bonds is 3. The Kier molecular flexibility index (Phi) is 3.90. The molecule has 3 unspecified atom stereocenters. The number of nitrogens with one attached hydrogen (secondary N) is 1. The summed E-state index contributed by atoms with van der Waals surface area (Å²) in [5.41, 5.74) is 0. The average molecular weight is 273 g/mol. The fraction of sp³-hybridized carbons (Fsp3) is 0.529. The Morgan fingerprint density at radius 2 is 2.11 bits per heavy atom. The van der Waals surface area contributed by atoms with Crippen LogP contribution in [0.2, 0.25) is 0 Å². The van der Waals surface area contributed by atoms with Crippen molar-refractivity contribution in [2.45, 2.75) is 51.6 Å². The highest BCUT2D eigenvalue weighted by molar-refractivity contribution is 7.19. The van der Waals surface area contributed by atoms with E-state index in [9.17, 15) is 0 Å². The normalized spacial score (nSPS) is 25.6. The summed E-state index contributed by atoms with van der Waals surface area (Å²) in [5, 5.41) is 5.22. The monoisotopic (exact) mass is 273 g/mol. The van der Waals surface area contributed by atoms with Crippen LogP contribution in [-0.2, 0) is 0 Å².